The van der Waals surface area contributed by atoms with Gasteiger partial charge in [-0.25, -0.2) is 0 Å². The second kappa shape index (κ2) is 5.64. The quantitative estimate of drug-likeness (QED) is 0.527. The normalized spacial score (nSPS) is 42.1. The van der Waals surface area contributed by atoms with E-state index in [1.165, 1.54) is 64.2 Å². The number of hydrogen-bond donors (Lipinski definition) is 0. The predicted molar refractivity (Wildman–Crippen MR) is 99.3 cm³/mol. The molecule has 0 bridgehead atoms. The van der Waals surface area contributed by atoms with E-state index in [1.807, 2.05) is 0 Å². The van der Waals surface area contributed by atoms with E-state index in [4.69, 9.17) is 0 Å². The third kappa shape index (κ3) is 2.24. The fraction of sp³-hybridized carbons (Fsp3) is 0.739. The Bertz CT molecular complexity index is 575. The predicted octanol–water partition coefficient (Wildman–Crippen LogP) is 6.99. The summed E-state index contributed by atoms with van der Waals surface area (Å²) in [4.78, 5) is 0. The van der Waals surface area contributed by atoms with Crippen LogP contribution >= 0.6 is 0 Å². The van der Waals surface area contributed by atoms with E-state index in [9.17, 15) is 0 Å². The van der Waals surface area contributed by atoms with Crippen LogP contribution in [0.4, 0.5) is 0 Å². The van der Waals surface area contributed by atoms with Crippen molar-refractivity contribution in [3.8, 4) is 0 Å². The minimum absolute atomic E-state index is 0.380. The van der Waals surface area contributed by atoms with E-state index in [0.717, 1.165) is 11.8 Å². The van der Waals surface area contributed by atoms with Crippen LogP contribution in [0.2, 0.25) is 0 Å². The lowest BCUT2D eigenvalue weighted by Gasteiger charge is -2.49. The van der Waals surface area contributed by atoms with Gasteiger partial charge in [-0.2, -0.15) is 0 Å². The number of allylic oxidation sites excluding steroid dienone is 6. The summed E-state index contributed by atoms with van der Waals surface area (Å²) >= 11 is 0. The molecule has 2 saturated carbocycles. The van der Waals surface area contributed by atoms with E-state index in [-0.39, 0.29) is 0 Å². The van der Waals surface area contributed by atoms with E-state index in [1.54, 1.807) is 16.7 Å². The Hall–Kier alpha value is -0.780. The molecule has 126 valence electrons. The highest BCUT2D eigenvalue weighted by Crippen LogP contribution is 2.63. The Morgan fingerprint density at radius 3 is 2.83 bits per heavy atom. The third-order valence-electron chi connectivity index (χ3n) is 8.01. The topological polar surface area (TPSA) is 0 Å². The number of unbranched alkanes of at least 4 members (excludes halogenated alkanes) is 1. The van der Waals surface area contributed by atoms with Crippen molar-refractivity contribution in [1.29, 1.82) is 0 Å². The summed E-state index contributed by atoms with van der Waals surface area (Å²) in [7, 11) is 0. The van der Waals surface area contributed by atoms with Crippen LogP contribution in [0.15, 0.2) is 34.9 Å². The van der Waals surface area contributed by atoms with Crippen LogP contribution in [0.25, 0.3) is 0 Å². The van der Waals surface area contributed by atoms with Crippen molar-refractivity contribution in [3.05, 3.63) is 34.9 Å². The molecule has 23 heavy (non-hydrogen) atoms. The van der Waals surface area contributed by atoms with Crippen LogP contribution in [-0.2, 0) is 0 Å². The highest BCUT2D eigenvalue weighted by Gasteiger charge is 2.52. The van der Waals surface area contributed by atoms with E-state index in [2.05, 4.69) is 39.0 Å². The number of hydrogen-bond acceptors (Lipinski definition) is 0. The van der Waals surface area contributed by atoms with Gasteiger partial charge in [-0.1, -0.05) is 63.8 Å². The van der Waals surface area contributed by atoms with Crippen LogP contribution in [0.5, 0.6) is 0 Å². The molecule has 0 amide bonds. The highest BCUT2D eigenvalue weighted by molar-refractivity contribution is 5.53. The van der Waals surface area contributed by atoms with Crippen molar-refractivity contribution >= 4 is 0 Å². The summed E-state index contributed by atoms with van der Waals surface area (Å²) in [6, 6.07) is 0. The summed E-state index contributed by atoms with van der Waals surface area (Å²) < 4.78 is 0. The maximum atomic E-state index is 2.69. The van der Waals surface area contributed by atoms with Gasteiger partial charge in [-0.15, -0.1) is 0 Å². The molecule has 0 spiro atoms. The maximum absolute atomic E-state index is 2.69. The second-order valence-electron chi connectivity index (χ2n) is 9.15. The summed E-state index contributed by atoms with van der Waals surface area (Å²) in [5, 5.41) is 0. The molecule has 0 aromatic heterocycles. The van der Waals surface area contributed by atoms with Gasteiger partial charge < -0.3 is 0 Å². The largest absolute Gasteiger partial charge is 0.0796 e. The molecule has 4 aliphatic carbocycles. The first kappa shape index (κ1) is 15.7. The van der Waals surface area contributed by atoms with Crippen molar-refractivity contribution in [3.63, 3.8) is 0 Å². The molecule has 0 heteroatoms. The Balaban J connectivity index is 1.69. The van der Waals surface area contributed by atoms with Crippen molar-refractivity contribution in [1.82, 2.24) is 0 Å². The first-order valence-electron chi connectivity index (χ1n) is 10.2. The lowest BCUT2D eigenvalue weighted by molar-refractivity contribution is 0.159. The molecular formula is C23H34. The molecule has 0 nitrogen and oxygen atoms in total. The minimum atomic E-state index is 0.380. The molecule has 4 atom stereocenters. The SMILES string of the molecule is CCCCC1CCC2C3=CC=C4CCCCC4(C)C3=CCC12C. The molecule has 0 aliphatic heterocycles. The van der Waals surface area contributed by atoms with Crippen molar-refractivity contribution in [2.45, 2.75) is 85.0 Å². The molecule has 2 fully saturated rings. The van der Waals surface area contributed by atoms with E-state index >= 15 is 0 Å². The lowest BCUT2D eigenvalue weighted by Crippen LogP contribution is -2.38. The van der Waals surface area contributed by atoms with Crippen molar-refractivity contribution in [2.75, 3.05) is 0 Å². The Kier molecular flexibility index (Phi) is 3.86. The van der Waals surface area contributed by atoms with Gasteiger partial charge in [-0.3, -0.25) is 0 Å². The van der Waals surface area contributed by atoms with Crippen LogP contribution in [0.3, 0.4) is 0 Å². The molecule has 0 radical (unpaired) electrons. The molecule has 0 heterocycles. The Morgan fingerprint density at radius 2 is 2.00 bits per heavy atom. The summed E-state index contributed by atoms with van der Waals surface area (Å²) in [6.07, 6.45) is 21.7. The fourth-order valence-corrected chi connectivity index (χ4v) is 6.43. The van der Waals surface area contributed by atoms with Crippen LogP contribution in [0.1, 0.15) is 85.0 Å². The Morgan fingerprint density at radius 1 is 1.13 bits per heavy atom. The van der Waals surface area contributed by atoms with Gasteiger partial charge in [0, 0.05) is 5.41 Å². The standard InChI is InChI=1S/C23H34/c1-4-5-8-17-11-13-20-19-12-10-18-9-6-7-15-22(18,2)21(19)14-16-23(17,20)3/h10,12,14,17,20H,4-9,11,13,15-16H2,1-3H3. The van der Waals surface area contributed by atoms with Gasteiger partial charge in [0.1, 0.15) is 0 Å². The fourth-order valence-electron chi connectivity index (χ4n) is 6.43. The summed E-state index contributed by atoms with van der Waals surface area (Å²) in [6.45, 7) is 7.50. The van der Waals surface area contributed by atoms with Gasteiger partial charge in [0.05, 0.1) is 0 Å². The molecule has 4 aliphatic rings. The van der Waals surface area contributed by atoms with E-state index < -0.39 is 0 Å². The average molecular weight is 311 g/mol. The molecule has 0 aromatic rings. The monoisotopic (exact) mass is 310 g/mol. The van der Waals surface area contributed by atoms with Crippen LogP contribution in [0, 0.1) is 22.7 Å². The zero-order valence-corrected chi connectivity index (χ0v) is 15.5. The zero-order valence-electron chi connectivity index (χ0n) is 15.5. The number of rotatable bonds is 3. The molecule has 4 unspecified atom stereocenters. The van der Waals surface area contributed by atoms with Crippen molar-refractivity contribution in [2.24, 2.45) is 22.7 Å². The minimum Gasteiger partial charge on any atom is -0.0796 e. The summed E-state index contributed by atoms with van der Waals surface area (Å²) in [5.41, 5.74) is 6.13. The van der Waals surface area contributed by atoms with Crippen molar-refractivity contribution < 1.29 is 0 Å². The first-order chi connectivity index (χ1) is 11.1. The second-order valence-corrected chi connectivity index (χ2v) is 9.15. The van der Waals surface area contributed by atoms with Crippen LogP contribution < -0.4 is 0 Å². The van der Waals surface area contributed by atoms with Gasteiger partial charge in [0.25, 0.3) is 0 Å². The zero-order chi connectivity index (χ0) is 16.1. The average Bonchev–Trinajstić information content (AvgIpc) is 2.89. The summed E-state index contributed by atoms with van der Waals surface area (Å²) in [5.74, 6) is 1.79. The molecule has 0 aromatic carbocycles. The van der Waals surface area contributed by atoms with Gasteiger partial charge >= 0.3 is 0 Å². The molecular weight excluding hydrogens is 276 g/mol. The first-order valence-corrected chi connectivity index (χ1v) is 10.2. The smallest absolute Gasteiger partial charge is 0.0136 e. The lowest BCUT2D eigenvalue weighted by atomic mass is 9.55. The molecule has 4 rings (SSSR count). The van der Waals surface area contributed by atoms with Crippen LogP contribution in [-0.4, -0.2) is 0 Å². The highest BCUT2D eigenvalue weighted by atomic mass is 14.6. The Labute approximate surface area is 143 Å². The molecule has 0 N–H and O–H groups in total. The third-order valence-corrected chi connectivity index (χ3v) is 8.01. The maximum Gasteiger partial charge on any atom is 0.0136 e. The van der Waals surface area contributed by atoms with Gasteiger partial charge in [0.2, 0.25) is 0 Å². The van der Waals surface area contributed by atoms with E-state index in [0.29, 0.717) is 10.8 Å². The van der Waals surface area contributed by atoms with Gasteiger partial charge in [0.15, 0.2) is 0 Å². The number of fused-ring (bicyclic) bond motifs is 5. The molecule has 0 saturated heterocycles. The van der Waals surface area contributed by atoms with Gasteiger partial charge in [-0.05, 0) is 73.3 Å².